The van der Waals surface area contributed by atoms with Crippen LogP contribution in [0.1, 0.15) is 31.4 Å². The lowest BCUT2D eigenvalue weighted by molar-refractivity contribution is -0.119. The molecule has 4 nitrogen and oxygen atoms in total. The number of carbonyl (C=O) groups is 1. The van der Waals surface area contributed by atoms with Gasteiger partial charge in [0.25, 0.3) is 5.91 Å². The summed E-state index contributed by atoms with van der Waals surface area (Å²) < 4.78 is 0. The maximum atomic E-state index is 12.7. The molecule has 0 saturated carbocycles. The number of rotatable bonds is 4. The Morgan fingerprint density at radius 2 is 1.91 bits per heavy atom. The zero-order valence-electron chi connectivity index (χ0n) is 12.9. The van der Waals surface area contributed by atoms with Crippen LogP contribution >= 0.6 is 0 Å². The summed E-state index contributed by atoms with van der Waals surface area (Å²) in [6.45, 7) is 4.12. The monoisotopic (exact) mass is 293 g/mol. The maximum absolute atomic E-state index is 12.7. The van der Waals surface area contributed by atoms with Gasteiger partial charge >= 0.3 is 0 Å². The molecule has 2 heterocycles. The highest BCUT2D eigenvalue weighted by Crippen LogP contribution is 2.28. The van der Waals surface area contributed by atoms with E-state index in [0.29, 0.717) is 0 Å². The van der Waals surface area contributed by atoms with Gasteiger partial charge in [-0.25, -0.2) is 0 Å². The Balaban J connectivity index is 1.98. The van der Waals surface area contributed by atoms with Crippen LogP contribution in [0.25, 0.3) is 0 Å². The van der Waals surface area contributed by atoms with Crippen molar-refractivity contribution < 1.29 is 4.79 Å². The fraction of sp³-hybridized carbons (Fsp3) is 0.278. The second-order valence-electron chi connectivity index (χ2n) is 5.36. The van der Waals surface area contributed by atoms with Gasteiger partial charge in [-0.3, -0.25) is 9.78 Å². The summed E-state index contributed by atoms with van der Waals surface area (Å²) in [5, 5.41) is 6.10. The first-order valence-electron chi connectivity index (χ1n) is 7.66. The number of benzene rings is 1. The Bertz CT molecular complexity index is 692. The number of hydrogen-bond donors (Lipinski definition) is 0. The van der Waals surface area contributed by atoms with Gasteiger partial charge in [0.15, 0.2) is 0 Å². The van der Waals surface area contributed by atoms with Gasteiger partial charge in [-0.2, -0.15) is 10.1 Å². The minimum atomic E-state index is -0.199. The number of nitrogens with zero attached hydrogens (tertiary/aromatic N) is 3. The first-order valence-corrected chi connectivity index (χ1v) is 7.66. The summed E-state index contributed by atoms with van der Waals surface area (Å²) in [5.74, 6) is -0.166. The summed E-state index contributed by atoms with van der Waals surface area (Å²) in [6, 6.07) is 11.8. The molecule has 0 aliphatic carbocycles. The van der Waals surface area contributed by atoms with Crippen LogP contribution in [0.3, 0.4) is 0 Å². The Morgan fingerprint density at radius 3 is 2.50 bits per heavy atom. The molecule has 0 bridgehead atoms. The molecular formula is C18H19N3O. The third-order valence-corrected chi connectivity index (χ3v) is 4.00. The van der Waals surface area contributed by atoms with Crippen LogP contribution in [0.4, 0.5) is 5.69 Å². The predicted molar refractivity (Wildman–Crippen MR) is 87.9 cm³/mol. The Labute approximate surface area is 130 Å². The van der Waals surface area contributed by atoms with Crippen LogP contribution in [0.2, 0.25) is 0 Å². The first-order chi connectivity index (χ1) is 10.7. The summed E-state index contributed by atoms with van der Waals surface area (Å²) in [6.07, 6.45) is 5.20. The van der Waals surface area contributed by atoms with E-state index < -0.39 is 0 Å². The number of hydrazone groups is 1. The molecule has 1 unspecified atom stereocenters. The molecule has 1 aliphatic heterocycles. The van der Waals surface area contributed by atoms with Gasteiger partial charge in [-0.1, -0.05) is 26.0 Å². The molecule has 1 aliphatic rings. The van der Waals surface area contributed by atoms with Gasteiger partial charge < -0.3 is 0 Å². The zero-order chi connectivity index (χ0) is 15.5. The zero-order valence-corrected chi connectivity index (χ0v) is 12.9. The molecule has 1 aromatic heterocycles. The lowest BCUT2D eigenvalue weighted by atomic mass is 9.95. The first kappa shape index (κ1) is 14.4. The molecule has 1 aromatic carbocycles. The van der Waals surface area contributed by atoms with E-state index in [1.54, 1.807) is 12.4 Å². The number of amides is 1. The summed E-state index contributed by atoms with van der Waals surface area (Å²) in [4.78, 5) is 16.8. The lowest BCUT2D eigenvalue weighted by Crippen LogP contribution is -2.27. The molecule has 3 rings (SSSR count). The Morgan fingerprint density at radius 1 is 1.14 bits per heavy atom. The second-order valence-corrected chi connectivity index (χ2v) is 5.36. The predicted octanol–water partition coefficient (Wildman–Crippen LogP) is 3.42. The third-order valence-electron chi connectivity index (χ3n) is 4.00. The number of anilines is 1. The smallest absolute Gasteiger partial charge is 0.256 e. The number of pyridine rings is 1. The maximum Gasteiger partial charge on any atom is 0.256 e. The SMILES string of the molecule is CCc1ccc(N2N=C(c3cccnc3)C(CC)C2=O)cc1. The molecular weight excluding hydrogens is 274 g/mol. The highest BCUT2D eigenvalue weighted by atomic mass is 16.2. The van der Waals surface area contributed by atoms with Crippen molar-refractivity contribution in [3.05, 3.63) is 59.9 Å². The third kappa shape index (κ3) is 2.52. The molecule has 1 amide bonds. The number of hydrogen-bond acceptors (Lipinski definition) is 3. The standard InChI is InChI=1S/C18H19N3O/c1-3-13-7-9-15(10-8-13)21-18(22)16(4-2)17(20-21)14-6-5-11-19-12-14/h5-12,16H,3-4H2,1-2H3. The largest absolute Gasteiger partial charge is 0.272 e. The van der Waals surface area contributed by atoms with Gasteiger partial charge in [0.2, 0.25) is 0 Å². The van der Waals surface area contributed by atoms with Crippen LogP contribution in [-0.2, 0) is 11.2 Å². The molecule has 0 fully saturated rings. The van der Waals surface area contributed by atoms with Crippen molar-refractivity contribution in [3.63, 3.8) is 0 Å². The summed E-state index contributed by atoms with van der Waals surface area (Å²) in [7, 11) is 0. The second kappa shape index (κ2) is 6.10. The van der Waals surface area contributed by atoms with Gasteiger partial charge in [-0.05, 0) is 42.7 Å². The molecule has 0 radical (unpaired) electrons. The average Bonchev–Trinajstić information content (AvgIpc) is 2.92. The minimum absolute atomic E-state index is 0.0330. The van der Waals surface area contributed by atoms with Crippen LogP contribution in [0, 0.1) is 5.92 Å². The molecule has 0 saturated heterocycles. The fourth-order valence-electron chi connectivity index (χ4n) is 2.69. The van der Waals surface area contributed by atoms with Crippen LogP contribution in [-0.4, -0.2) is 16.6 Å². The Kier molecular flexibility index (Phi) is 4.00. The van der Waals surface area contributed by atoms with Crippen LogP contribution in [0.15, 0.2) is 53.9 Å². The average molecular weight is 293 g/mol. The molecule has 2 aromatic rings. The van der Waals surface area contributed by atoms with E-state index in [2.05, 4.69) is 17.0 Å². The van der Waals surface area contributed by atoms with Gasteiger partial charge in [0.1, 0.15) is 0 Å². The topological polar surface area (TPSA) is 45.6 Å². The minimum Gasteiger partial charge on any atom is -0.272 e. The quantitative estimate of drug-likeness (QED) is 0.867. The van der Waals surface area contributed by atoms with Gasteiger partial charge in [0, 0.05) is 18.0 Å². The van der Waals surface area contributed by atoms with E-state index in [9.17, 15) is 4.79 Å². The van der Waals surface area contributed by atoms with Crippen molar-refractivity contribution in [1.82, 2.24) is 4.98 Å². The van der Waals surface area contributed by atoms with E-state index in [-0.39, 0.29) is 11.8 Å². The van der Waals surface area contributed by atoms with E-state index in [4.69, 9.17) is 0 Å². The van der Waals surface area contributed by atoms with Crippen molar-refractivity contribution in [1.29, 1.82) is 0 Å². The molecule has 4 heteroatoms. The summed E-state index contributed by atoms with van der Waals surface area (Å²) in [5.41, 5.74) is 3.79. The number of aryl methyl sites for hydroxylation is 1. The van der Waals surface area contributed by atoms with Crippen LogP contribution < -0.4 is 5.01 Å². The molecule has 22 heavy (non-hydrogen) atoms. The van der Waals surface area contributed by atoms with E-state index in [1.807, 2.05) is 43.3 Å². The van der Waals surface area contributed by atoms with Crippen LogP contribution in [0.5, 0.6) is 0 Å². The highest BCUT2D eigenvalue weighted by Gasteiger charge is 2.36. The van der Waals surface area contributed by atoms with Gasteiger partial charge in [0.05, 0.1) is 17.3 Å². The molecule has 0 N–H and O–H groups in total. The fourth-order valence-corrected chi connectivity index (χ4v) is 2.69. The van der Waals surface area contributed by atoms with E-state index in [0.717, 1.165) is 29.8 Å². The Hall–Kier alpha value is -2.49. The highest BCUT2D eigenvalue weighted by molar-refractivity contribution is 6.21. The normalized spacial score (nSPS) is 17.7. The van der Waals surface area contributed by atoms with Crippen molar-refractivity contribution in [2.45, 2.75) is 26.7 Å². The number of carbonyl (C=O) groups excluding carboxylic acids is 1. The van der Waals surface area contributed by atoms with Crippen molar-refractivity contribution >= 4 is 17.3 Å². The molecule has 0 spiro atoms. The summed E-state index contributed by atoms with van der Waals surface area (Å²) >= 11 is 0. The van der Waals surface area contributed by atoms with E-state index >= 15 is 0 Å². The lowest BCUT2D eigenvalue weighted by Gasteiger charge is -2.13. The van der Waals surface area contributed by atoms with Crippen molar-refractivity contribution in [2.24, 2.45) is 11.0 Å². The van der Waals surface area contributed by atoms with Crippen molar-refractivity contribution in [2.75, 3.05) is 5.01 Å². The molecule has 112 valence electrons. The molecule has 1 atom stereocenters. The number of aromatic nitrogens is 1. The van der Waals surface area contributed by atoms with Crippen molar-refractivity contribution in [3.8, 4) is 0 Å². The van der Waals surface area contributed by atoms with E-state index in [1.165, 1.54) is 10.6 Å². The van der Waals surface area contributed by atoms with Gasteiger partial charge in [-0.15, -0.1) is 0 Å².